The lowest BCUT2D eigenvalue weighted by atomic mass is 10.1. The molecule has 138 valence electrons. The number of carbonyl (C=O) groups is 1. The summed E-state index contributed by atoms with van der Waals surface area (Å²) in [5.74, 6) is -1.33. The van der Waals surface area contributed by atoms with Gasteiger partial charge in [-0.3, -0.25) is 10.1 Å². The Morgan fingerprint density at radius 3 is 2.56 bits per heavy atom. The van der Waals surface area contributed by atoms with Gasteiger partial charge in [0.25, 0.3) is 5.69 Å². The highest BCUT2D eigenvalue weighted by atomic mass is 35.5. The van der Waals surface area contributed by atoms with Crippen LogP contribution >= 0.6 is 11.6 Å². The summed E-state index contributed by atoms with van der Waals surface area (Å²) in [5, 5.41) is 10.9. The lowest BCUT2D eigenvalue weighted by Gasteiger charge is -2.09. The first-order valence-electron chi connectivity index (χ1n) is 7.30. The van der Waals surface area contributed by atoms with Gasteiger partial charge in [-0.2, -0.15) is 13.2 Å². The van der Waals surface area contributed by atoms with Gasteiger partial charge >= 0.3 is 12.1 Å². The van der Waals surface area contributed by atoms with Crippen LogP contribution in [0, 0.1) is 10.1 Å². The molecule has 1 aliphatic heterocycles. The third-order valence-corrected chi connectivity index (χ3v) is 3.90. The lowest BCUT2D eigenvalue weighted by molar-refractivity contribution is -0.384. The number of esters is 1. The van der Waals surface area contributed by atoms with E-state index in [1.54, 1.807) is 0 Å². The van der Waals surface area contributed by atoms with Gasteiger partial charge in [0.2, 0.25) is 5.90 Å². The van der Waals surface area contributed by atoms with Crippen LogP contribution in [-0.2, 0) is 15.7 Å². The van der Waals surface area contributed by atoms with E-state index in [2.05, 4.69) is 4.99 Å². The van der Waals surface area contributed by atoms with Crippen molar-refractivity contribution >= 4 is 35.2 Å². The molecule has 0 saturated heterocycles. The first-order valence-corrected chi connectivity index (χ1v) is 7.67. The third kappa shape index (κ3) is 3.82. The van der Waals surface area contributed by atoms with Gasteiger partial charge < -0.3 is 4.74 Å². The Morgan fingerprint density at radius 1 is 1.19 bits per heavy atom. The van der Waals surface area contributed by atoms with E-state index < -0.39 is 22.6 Å². The van der Waals surface area contributed by atoms with Gasteiger partial charge in [-0.05, 0) is 23.8 Å². The second-order valence-corrected chi connectivity index (χ2v) is 5.75. The van der Waals surface area contributed by atoms with Gasteiger partial charge in [-0.1, -0.05) is 29.8 Å². The van der Waals surface area contributed by atoms with E-state index in [1.807, 2.05) is 0 Å². The van der Waals surface area contributed by atoms with E-state index >= 15 is 0 Å². The molecule has 0 atom stereocenters. The highest BCUT2D eigenvalue weighted by molar-refractivity contribution is 6.34. The van der Waals surface area contributed by atoms with Crippen molar-refractivity contribution in [2.45, 2.75) is 6.18 Å². The van der Waals surface area contributed by atoms with Crippen molar-refractivity contribution in [3.8, 4) is 0 Å². The van der Waals surface area contributed by atoms with Crippen LogP contribution in [0.1, 0.15) is 16.7 Å². The fourth-order valence-corrected chi connectivity index (χ4v) is 2.54. The zero-order valence-corrected chi connectivity index (χ0v) is 13.9. The molecule has 2 aromatic carbocycles. The molecule has 0 unspecified atom stereocenters. The van der Waals surface area contributed by atoms with Crippen molar-refractivity contribution in [3.05, 3.63) is 80.0 Å². The molecule has 1 heterocycles. The number of nitro benzene ring substituents is 1. The maximum absolute atomic E-state index is 13.1. The van der Waals surface area contributed by atoms with Crippen LogP contribution in [0.2, 0.25) is 5.02 Å². The molecule has 0 spiro atoms. The highest BCUT2D eigenvalue weighted by Gasteiger charge is 2.33. The number of ether oxygens (including phenoxy) is 1. The standard InChI is InChI=1S/C17H8ClF3N2O4/c18-13-6-5-10(23(25)26)8-11(13)15-22-14(16(24)27-15)7-9-3-1-2-4-12(9)17(19,20)21/h1-8H/b14-7-. The second kappa shape index (κ2) is 6.84. The molecule has 0 fully saturated rings. The number of rotatable bonds is 3. The van der Waals surface area contributed by atoms with Gasteiger partial charge in [-0.25, -0.2) is 9.79 Å². The zero-order valence-electron chi connectivity index (χ0n) is 13.2. The molecule has 0 aromatic heterocycles. The Morgan fingerprint density at radius 2 is 1.89 bits per heavy atom. The molecule has 10 heteroatoms. The topological polar surface area (TPSA) is 81.8 Å². The van der Waals surface area contributed by atoms with Gasteiger partial charge in [0.15, 0.2) is 5.70 Å². The van der Waals surface area contributed by atoms with Crippen LogP contribution in [0.25, 0.3) is 6.08 Å². The molecule has 6 nitrogen and oxygen atoms in total. The van der Waals surface area contributed by atoms with Crippen molar-refractivity contribution in [3.63, 3.8) is 0 Å². The first-order chi connectivity index (χ1) is 12.7. The summed E-state index contributed by atoms with van der Waals surface area (Å²) in [5.41, 5.74) is -1.93. The number of nitrogens with zero attached hydrogens (tertiary/aromatic N) is 2. The Balaban J connectivity index is 2.05. The number of non-ortho nitro benzene ring substituents is 1. The van der Waals surface area contributed by atoms with E-state index in [1.165, 1.54) is 24.3 Å². The van der Waals surface area contributed by atoms with E-state index in [-0.39, 0.29) is 33.4 Å². The molecule has 0 saturated carbocycles. The SMILES string of the molecule is O=C1OC(c2cc([N+](=O)[O-])ccc2Cl)=N/C1=C\c1ccccc1C(F)(F)F. The molecule has 0 amide bonds. The lowest BCUT2D eigenvalue weighted by Crippen LogP contribution is -2.08. The van der Waals surface area contributed by atoms with Crippen molar-refractivity contribution in [2.75, 3.05) is 0 Å². The highest BCUT2D eigenvalue weighted by Crippen LogP contribution is 2.34. The molecule has 2 aromatic rings. The molecule has 1 aliphatic rings. The number of cyclic esters (lactones) is 1. The van der Waals surface area contributed by atoms with Gasteiger partial charge in [0.1, 0.15) is 0 Å². The third-order valence-electron chi connectivity index (χ3n) is 3.57. The van der Waals surface area contributed by atoms with E-state index in [4.69, 9.17) is 16.3 Å². The predicted molar refractivity (Wildman–Crippen MR) is 90.2 cm³/mol. The Kier molecular flexibility index (Phi) is 4.71. The Hall–Kier alpha value is -3.20. The molecule has 0 bridgehead atoms. The maximum atomic E-state index is 13.1. The van der Waals surface area contributed by atoms with Crippen LogP contribution in [-0.4, -0.2) is 16.8 Å². The van der Waals surface area contributed by atoms with Crippen LogP contribution in [0.4, 0.5) is 18.9 Å². The summed E-state index contributed by atoms with van der Waals surface area (Å²) in [6.07, 6.45) is -3.69. The molecule has 0 N–H and O–H groups in total. The quantitative estimate of drug-likeness (QED) is 0.328. The van der Waals surface area contributed by atoms with Crippen LogP contribution in [0.5, 0.6) is 0 Å². The van der Waals surface area contributed by atoms with Crippen molar-refractivity contribution in [1.29, 1.82) is 0 Å². The number of alkyl halides is 3. The summed E-state index contributed by atoms with van der Waals surface area (Å²) in [6, 6.07) is 8.08. The molecular formula is C17H8ClF3N2O4. The fraction of sp³-hybridized carbons (Fsp3) is 0.0588. The van der Waals surface area contributed by atoms with Gasteiger partial charge in [0, 0.05) is 12.1 Å². The molecule has 0 aliphatic carbocycles. The minimum atomic E-state index is -4.62. The molecule has 27 heavy (non-hydrogen) atoms. The number of hydrogen-bond acceptors (Lipinski definition) is 5. The summed E-state index contributed by atoms with van der Waals surface area (Å²) in [6.45, 7) is 0. The van der Waals surface area contributed by atoms with Crippen molar-refractivity contribution in [1.82, 2.24) is 0 Å². The Labute approximate surface area is 154 Å². The van der Waals surface area contributed by atoms with Crippen molar-refractivity contribution in [2.24, 2.45) is 4.99 Å². The summed E-state index contributed by atoms with van der Waals surface area (Å²) >= 11 is 5.96. The summed E-state index contributed by atoms with van der Waals surface area (Å²) in [7, 11) is 0. The van der Waals surface area contributed by atoms with Gasteiger partial charge in [-0.15, -0.1) is 0 Å². The number of nitro groups is 1. The van der Waals surface area contributed by atoms with E-state index in [9.17, 15) is 28.1 Å². The monoisotopic (exact) mass is 396 g/mol. The number of hydrogen-bond donors (Lipinski definition) is 0. The molecule has 0 radical (unpaired) electrons. The average molecular weight is 397 g/mol. The average Bonchev–Trinajstić information content (AvgIpc) is 2.95. The van der Waals surface area contributed by atoms with Crippen LogP contribution in [0.3, 0.4) is 0 Å². The number of halogens is 4. The predicted octanol–water partition coefficient (Wildman–Crippen LogP) is 4.61. The minimum Gasteiger partial charge on any atom is -0.402 e. The Bertz CT molecular complexity index is 1020. The molecule has 3 rings (SSSR count). The normalized spacial score (nSPS) is 15.6. The minimum absolute atomic E-state index is 0.0216. The first kappa shape index (κ1) is 18.6. The van der Waals surface area contributed by atoms with Gasteiger partial charge in [0.05, 0.1) is 21.1 Å². The van der Waals surface area contributed by atoms with E-state index in [0.29, 0.717) is 0 Å². The number of aliphatic imine (C=N–C) groups is 1. The van der Waals surface area contributed by atoms with Crippen LogP contribution in [0.15, 0.2) is 53.2 Å². The van der Waals surface area contributed by atoms with Crippen molar-refractivity contribution < 1.29 is 27.6 Å². The number of carbonyl (C=O) groups excluding carboxylic acids is 1. The van der Waals surface area contributed by atoms with E-state index in [0.717, 1.165) is 24.3 Å². The smallest absolute Gasteiger partial charge is 0.402 e. The number of benzene rings is 2. The summed E-state index contributed by atoms with van der Waals surface area (Å²) < 4.78 is 44.1. The maximum Gasteiger partial charge on any atom is 0.416 e. The largest absolute Gasteiger partial charge is 0.416 e. The zero-order chi connectivity index (χ0) is 19.8. The fourth-order valence-electron chi connectivity index (χ4n) is 2.34. The van der Waals surface area contributed by atoms with Crippen LogP contribution < -0.4 is 0 Å². The molecular weight excluding hydrogens is 389 g/mol. The summed E-state index contributed by atoms with van der Waals surface area (Å²) in [4.78, 5) is 26.0. The second-order valence-electron chi connectivity index (χ2n) is 5.34.